The number of carbonyl (C=O) groups is 2. The van der Waals surface area contributed by atoms with E-state index < -0.39 is 22.7 Å². The van der Waals surface area contributed by atoms with Crippen LogP contribution in [0, 0.1) is 23.0 Å². The van der Waals surface area contributed by atoms with Crippen LogP contribution in [0.15, 0.2) is 53.5 Å². The van der Waals surface area contributed by atoms with Crippen LogP contribution in [0.4, 0.5) is 17.1 Å². The lowest BCUT2D eigenvalue weighted by molar-refractivity contribution is -0.384. The normalized spacial score (nSPS) is 17.3. The average Bonchev–Trinajstić information content (AvgIpc) is 2.63. The van der Waals surface area contributed by atoms with E-state index in [0.717, 1.165) is 0 Å². The van der Waals surface area contributed by atoms with E-state index in [9.17, 15) is 19.7 Å². The summed E-state index contributed by atoms with van der Waals surface area (Å²) in [7, 11) is 0. The molecular weight excluding hydrogens is 368 g/mol. The molecule has 8 nitrogen and oxygen atoms in total. The van der Waals surface area contributed by atoms with Gasteiger partial charge in [-0.3, -0.25) is 29.6 Å². The minimum atomic E-state index is -1.16. The fraction of sp³-hybridized carbons (Fsp3) is 0.111. The van der Waals surface area contributed by atoms with Crippen molar-refractivity contribution in [3.05, 3.63) is 64.2 Å². The number of non-ortho nitro benzene ring substituents is 1. The third kappa shape index (κ3) is 3.72. The lowest BCUT2D eigenvalue weighted by atomic mass is 10.1. The highest BCUT2D eigenvalue weighted by atomic mass is 32.1. The SMILES string of the molecule is Cc1cc([N+](=O)[O-])ccc1N=C[C@@H]1C(=O)NC(=S)N(c2ccccc2)C1=O. The number of anilines is 1. The highest BCUT2D eigenvalue weighted by molar-refractivity contribution is 7.80. The number of carbonyl (C=O) groups excluding carboxylic acids is 2. The molecule has 0 spiro atoms. The topological polar surface area (TPSA) is 105 Å². The van der Waals surface area contributed by atoms with Gasteiger partial charge in [0.25, 0.3) is 11.6 Å². The van der Waals surface area contributed by atoms with E-state index in [1.54, 1.807) is 37.3 Å². The van der Waals surface area contributed by atoms with Gasteiger partial charge in [-0.2, -0.15) is 0 Å². The second kappa shape index (κ2) is 7.42. The quantitative estimate of drug-likeness (QED) is 0.288. The van der Waals surface area contributed by atoms with Crippen molar-refractivity contribution < 1.29 is 14.5 Å². The fourth-order valence-electron chi connectivity index (χ4n) is 2.60. The molecule has 2 aromatic carbocycles. The van der Waals surface area contributed by atoms with Gasteiger partial charge < -0.3 is 5.32 Å². The molecule has 3 rings (SSSR count). The Morgan fingerprint density at radius 3 is 2.56 bits per heavy atom. The Labute approximate surface area is 159 Å². The number of hydrogen-bond acceptors (Lipinski definition) is 6. The molecule has 0 radical (unpaired) electrons. The maximum absolute atomic E-state index is 12.8. The Kier molecular flexibility index (Phi) is 5.04. The Morgan fingerprint density at radius 2 is 1.93 bits per heavy atom. The minimum Gasteiger partial charge on any atom is -0.301 e. The Bertz CT molecular complexity index is 975. The van der Waals surface area contributed by atoms with E-state index in [4.69, 9.17) is 12.2 Å². The van der Waals surface area contributed by atoms with Crippen LogP contribution >= 0.6 is 12.2 Å². The zero-order valence-electron chi connectivity index (χ0n) is 14.2. The summed E-state index contributed by atoms with van der Waals surface area (Å²) < 4.78 is 0. The van der Waals surface area contributed by atoms with Crippen LogP contribution in [0.1, 0.15) is 5.56 Å². The summed E-state index contributed by atoms with van der Waals surface area (Å²) in [5.41, 5.74) is 1.47. The van der Waals surface area contributed by atoms with E-state index in [0.29, 0.717) is 16.9 Å². The molecule has 0 aromatic heterocycles. The first-order chi connectivity index (χ1) is 12.9. The molecule has 136 valence electrons. The lowest BCUT2D eigenvalue weighted by Gasteiger charge is -2.30. The van der Waals surface area contributed by atoms with Gasteiger partial charge in [-0.15, -0.1) is 0 Å². The van der Waals surface area contributed by atoms with Gasteiger partial charge in [0.05, 0.1) is 16.3 Å². The molecule has 1 aliphatic rings. The van der Waals surface area contributed by atoms with Gasteiger partial charge >= 0.3 is 0 Å². The first kappa shape index (κ1) is 18.3. The van der Waals surface area contributed by atoms with Crippen LogP contribution in [0.2, 0.25) is 0 Å². The van der Waals surface area contributed by atoms with Gasteiger partial charge in [-0.25, -0.2) is 0 Å². The summed E-state index contributed by atoms with van der Waals surface area (Å²) in [6.45, 7) is 1.66. The first-order valence-electron chi connectivity index (χ1n) is 7.91. The number of hydrogen-bond donors (Lipinski definition) is 1. The van der Waals surface area contributed by atoms with Crippen molar-refractivity contribution >= 4 is 52.4 Å². The van der Waals surface area contributed by atoms with Gasteiger partial charge in [0.2, 0.25) is 5.91 Å². The van der Waals surface area contributed by atoms with Crippen molar-refractivity contribution in [1.82, 2.24) is 5.32 Å². The molecule has 2 aromatic rings. The highest BCUT2D eigenvalue weighted by Crippen LogP contribution is 2.25. The Morgan fingerprint density at radius 1 is 1.22 bits per heavy atom. The molecule has 27 heavy (non-hydrogen) atoms. The van der Waals surface area contributed by atoms with Crippen LogP contribution in [-0.4, -0.2) is 28.1 Å². The van der Waals surface area contributed by atoms with Gasteiger partial charge in [-0.05, 0) is 42.9 Å². The molecule has 1 aliphatic heterocycles. The standard InChI is InChI=1S/C18H14N4O4S/c1-11-9-13(22(25)26)7-8-15(11)19-10-14-16(23)20-18(27)21(17(14)24)12-5-3-2-4-6-12/h2-10,14H,1H3,(H,20,23,27)/t14-/m1/s1. The summed E-state index contributed by atoms with van der Waals surface area (Å²) in [4.78, 5) is 40.7. The number of aryl methyl sites for hydroxylation is 1. The zero-order valence-corrected chi connectivity index (χ0v) is 15.0. The average molecular weight is 382 g/mol. The largest absolute Gasteiger partial charge is 0.301 e. The van der Waals surface area contributed by atoms with Crippen molar-refractivity contribution in [1.29, 1.82) is 0 Å². The third-order valence-corrected chi connectivity index (χ3v) is 4.26. The fourth-order valence-corrected chi connectivity index (χ4v) is 2.89. The number of amides is 2. The van der Waals surface area contributed by atoms with Gasteiger partial charge in [0.15, 0.2) is 11.0 Å². The number of nitrogens with one attached hydrogen (secondary N) is 1. The first-order valence-corrected chi connectivity index (χ1v) is 8.32. The second-order valence-electron chi connectivity index (χ2n) is 5.79. The van der Waals surface area contributed by atoms with Crippen molar-refractivity contribution in [2.45, 2.75) is 6.92 Å². The summed E-state index contributed by atoms with van der Waals surface area (Å²) in [6.07, 6.45) is 1.23. The molecule has 0 aliphatic carbocycles. The Hall–Kier alpha value is -3.46. The predicted molar refractivity (Wildman–Crippen MR) is 104 cm³/mol. The second-order valence-corrected chi connectivity index (χ2v) is 6.17. The lowest BCUT2D eigenvalue weighted by Crippen LogP contribution is -2.58. The molecule has 9 heteroatoms. The zero-order chi connectivity index (χ0) is 19.6. The number of benzene rings is 2. The van der Waals surface area contributed by atoms with Gasteiger partial charge in [0, 0.05) is 18.3 Å². The number of thiocarbonyl (C=S) groups is 1. The molecule has 1 heterocycles. The van der Waals surface area contributed by atoms with Crippen molar-refractivity contribution in [3.8, 4) is 0 Å². The number of para-hydroxylation sites is 1. The molecular formula is C18H14N4O4S. The predicted octanol–water partition coefficient (Wildman–Crippen LogP) is 2.67. The Balaban J connectivity index is 1.88. The smallest absolute Gasteiger partial charge is 0.269 e. The summed E-state index contributed by atoms with van der Waals surface area (Å²) in [5, 5.41) is 13.3. The maximum Gasteiger partial charge on any atom is 0.269 e. The molecule has 1 fully saturated rings. The number of nitrogens with zero attached hydrogens (tertiary/aromatic N) is 3. The maximum atomic E-state index is 12.8. The van der Waals surface area contributed by atoms with Crippen LogP contribution in [0.5, 0.6) is 0 Å². The van der Waals surface area contributed by atoms with E-state index in [1.807, 2.05) is 0 Å². The molecule has 2 amide bonds. The third-order valence-electron chi connectivity index (χ3n) is 3.97. The monoisotopic (exact) mass is 382 g/mol. The van der Waals surface area contributed by atoms with Crippen molar-refractivity contribution in [2.75, 3.05) is 4.90 Å². The van der Waals surface area contributed by atoms with Gasteiger partial charge in [-0.1, -0.05) is 18.2 Å². The van der Waals surface area contributed by atoms with Crippen LogP contribution in [0.3, 0.4) is 0 Å². The van der Waals surface area contributed by atoms with E-state index >= 15 is 0 Å². The number of nitro groups is 1. The molecule has 1 N–H and O–H groups in total. The molecule has 0 unspecified atom stereocenters. The highest BCUT2D eigenvalue weighted by Gasteiger charge is 2.38. The summed E-state index contributed by atoms with van der Waals surface area (Å²) in [6, 6.07) is 12.9. The molecule has 0 bridgehead atoms. The van der Waals surface area contributed by atoms with Crippen LogP contribution in [-0.2, 0) is 9.59 Å². The van der Waals surface area contributed by atoms with Gasteiger partial charge in [0.1, 0.15) is 0 Å². The van der Waals surface area contributed by atoms with Crippen molar-refractivity contribution in [2.24, 2.45) is 10.9 Å². The van der Waals surface area contributed by atoms with E-state index in [-0.39, 0.29) is 10.8 Å². The van der Waals surface area contributed by atoms with Crippen molar-refractivity contribution in [3.63, 3.8) is 0 Å². The number of nitro benzene ring substituents is 1. The number of rotatable bonds is 4. The molecule has 1 saturated heterocycles. The summed E-state index contributed by atoms with van der Waals surface area (Å²) >= 11 is 5.12. The minimum absolute atomic E-state index is 0.00682. The molecule has 0 saturated carbocycles. The summed E-state index contributed by atoms with van der Waals surface area (Å²) in [5.74, 6) is -2.25. The van der Waals surface area contributed by atoms with Crippen LogP contribution in [0.25, 0.3) is 0 Å². The number of aliphatic imine (C=N–C) groups is 1. The molecule has 1 atom stereocenters. The van der Waals surface area contributed by atoms with E-state index in [1.165, 1.54) is 29.3 Å². The van der Waals surface area contributed by atoms with Crippen LogP contribution < -0.4 is 10.2 Å². The van der Waals surface area contributed by atoms with E-state index in [2.05, 4.69) is 10.3 Å².